The molecule has 1 atom stereocenters. The van der Waals surface area contributed by atoms with Gasteiger partial charge in [-0.05, 0) is 76.1 Å². The molecule has 5 aromatic rings. The number of hydrogen-bond acceptors (Lipinski definition) is 7. The summed E-state index contributed by atoms with van der Waals surface area (Å²) < 4.78 is 21.4. The van der Waals surface area contributed by atoms with Gasteiger partial charge < -0.3 is 18.8 Å². The number of thiazole rings is 1. The summed E-state index contributed by atoms with van der Waals surface area (Å²) in [6.45, 7) is 10.2. The van der Waals surface area contributed by atoms with E-state index in [1.54, 1.807) is 31.6 Å². The van der Waals surface area contributed by atoms with Crippen LogP contribution < -0.4 is 24.4 Å². The highest BCUT2D eigenvalue weighted by molar-refractivity contribution is 7.07. The van der Waals surface area contributed by atoms with Crippen LogP contribution in [0.5, 0.6) is 11.5 Å². The number of esters is 1. The molecule has 2 aromatic heterocycles. The fourth-order valence-electron chi connectivity index (χ4n) is 6.08. The van der Waals surface area contributed by atoms with E-state index in [4.69, 9.17) is 30.8 Å². The molecule has 1 aliphatic rings. The van der Waals surface area contributed by atoms with Crippen LogP contribution in [0.15, 0.2) is 87.8 Å². The van der Waals surface area contributed by atoms with Crippen molar-refractivity contribution in [2.45, 2.75) is 53.3 Å². The number of halogens is 1. The minimum Gasteiger partial charge on any atom is -0.493 e. The van der Waals surface area contributed by atoms with Gasteiger partial charge >= 0.3 is 5.97 Å². The average Bonchev–Trinajstić information content (AvgIpc) is 3.49. The third kappa shape index (κ3) is 6.01. The van der Waals surface area contributed by atoms with Crippen LogP contribution >= 0.6 is 22.9 Å². The Labute approximate surface area is 281 Å². The molecule has 0 N–H and O–H groups in total. The number of carbonyl (C=O) groups is 1. The molecule has 0 bridgehead atoms. The molecule has 6 rings (SSSR count). The van der Waals surface area contributed by atoms with Crippen molar-refractivity contribution in [2.24, 2.45) is 4.99 Å². The van der Waals surface area contributed by atoms with Crippen molar-refractivity contribution < 1.29 is 19.0 Å². The van der Waals surface area contributed by atoms with E-state index in [9.17, 15) is 9.59 Å². The minimum atomic E-state index is -0.780. The number of nitrogens with zero attached hydrogens (tertiary/aromatic N) is 3. The van der Waals surface area contributed by atoms with E-state index in [1.807, 2.05) is 68.5 Å². The van der Waals surface area contributed by atoms with Gasteiger partial charge in [-0.1, -0.05) is 65.4 Å². The van der Waals surface area contributed by atoms with Gasteiger partial charge in [-0.2, -0.15) is 0 Å². The van der Waals surface area contributed by atoms with Gasteiger partial charge in [0.2, 0.25) is 0 Å². The zero-order valence-electron chi connectivity index (χ0n) is 27.2. The summed E-state index contributed by atoms with van der Waals surface area (Å²) in [6, 6.07) is 20.6. The maximum absolute atomic E-state index is 14.4. The number of fused-ring (bicyclic) bond motifs is 2. The molecule has 3 heterocycles. The summed E-state index contributed by atoms with van der Waals surface area (Å²) in [7, 11) is 1.57. The molecular weight excluding hydrogens is 634 g/mol. The number of ether oxygens (including phenoxy) is 3. The highest BCUT2D eigenvalue weighted by Gasteiger charge is 2.34. The Hall–Kier alpha value is -4.60. The second-order valence-corrected chi connectivity index (χ2v) is 13.0. The molecule has 0 fully saturated rings. The van der Waals surface area contributed by atoms with Crippen LogP contribution in [0.4, 0.5) is 0 Å². The first-order chi connectivity index (χ1) is 22.6. The second kappa shape index (κ2) is 13.3. The largest absolute Gasteiger partial charge is 0.493 e. The van der Waals surface area contributed by atoms with Crippen molar-refractivity contribution in [2.75, 3.05) is 13.7 Å². The van der Waals surface area contributed by atoms with Crippen LogP contribution in [-0.4, -0.2) is 34.9 Å². The molecule has 0 saturated heterocycles. The van der Waals surface area contributed by atoms with Crippen LogP contribution in [0, 0.1) is 6.92 Å². The Morgan fingerprint density at radius 3 is 2.53 bits per heavy atom. The van der Waals surface area contributed by atoms with Crippen LogP contribution in [0.1, 0.15) is 56.1 Å². The van der Waals surface area contributed by atoms with Gasteiger partial charge in [0.15, 0.2) is 16.3 Å². The molecule has 47 heavy (non-hydrogen) atoms. The zero-order valence-corrected chi connectivity index (χ0v) is 28.7. The van der Waals surface area contributed by atoms with Crippen LogP contribution in [0.2, 0.25) is 5.02 Å². The molecule has 0 spiro atoms. The first-order valence-electron chi connectivity index (χ1n) is 15.5. The SMILES string of the molecule is CCOC(=O)C1=C(C)N=c2s/c(=C/c3c(C)n(Cc4ccccc4Cl)c4ccccc34)c(=O)n2[C@@H]1c1ccc(OC(C)C)c(OC)c1. The maximum atomic E-state index is 14.4. The zero-order chi connectivity index (χ0) is 33.4. The monoisotopic (exact) mass is 669 g/mol. The third-order valence-electron chi connectivity index (χ3n) is 8.22. The molecule has 10 heteroatoms. The molecule has 242 valence electrons. The van der Waals surface area contributed by atoms with E-state index in [0.29, 0.717) is 49.2 Å². The number of para-hydroxylation sites is 1. The summed E-state index contributed by atoms with van der Waals surface area (Å²) in [5, 5.41) is 1.72. The molecule has 8 nitrogen and oxygen atoms in total. The highest BCUT2D eigenvalue weighted by Crippen LogP contribution is 2.37. The smallest absolute Gasteiger partial charge is 0.338 e. The number of carbonyl (C=O) groups excluding carboxylic acids is 1. The Morgan fingerprint density at radius 2 is 1.81 bits per heavy atom. The van der Waals surface area contributed by atoms with E-state index in [-0.39, 0.29) is 18.3 Å². The van der Waals surface area contributed by atoms with Crippen molar-refractivity contribution >= 4 is 45.9 Å². The standard InChI is InChI=1S/C37H36ClN3O5S/c1-7-45-36(43)33-22(4)39-37-41(34(33)24-16-17-30(46-21(2)3)31(18-24)44-6)35(42)32(47-37)19-27-23(5)40(29-15-11-9-13-26(27)29)20-25-12-8-10-14-28(25)38/h8-19,21,34H,7,20H2,1-6H3/b32-19+/t34-/m1/s1. The van der Waals surface area contributed by atoms with Crippen molar-refractivity contribution in [3.05, 3.63) is 125 Å². The Morgan fingerprint density at radius 1 is 1.06 bits per heavy atom. The molecule has 0 unspecified atom stereocenters. The molecule has 0 saturated carbocycles. The molecule has 0 radical (unpaired) electrons. The topological polar surface area (TPSA) is 84.1 Å². The molecule has 0 amide bonds. The summed E-state index contributed by atoms with van der Waals surface area (Å²) in [4.78, 5) is 33.1. The number of allylic oxidation sites excluding steroid dienone is 1. The van der Waals surface area contributed by atoms with Crippen LogP contribution in [-0.2, 0) is 16.1 Å². The van der Waals surface area contributed by atoms with E-state index in [0.717, 1.165) is 27.7 Å². The quantitative estimate of drug-likeness (QED) is 0.166. The van der Waals surface area contributed by atoms with Gasteiger partial charge in [0.05, 0.1) is 41.7 Å². The first kappa shape index (κ1) is 32.3. The fourth-order valence-corrected chi connectivity index (χ4v) is 7.31. The van der Waals surface area contributed by atoms with E-state index in [1.165, 1.54) is 11.3 Å². The van der Waals surface area contributed by atoms with E-state index < -0.39 is 12.0 Å². The normalized spacial score (nSPS) is 14.8. The van der Waals surface area contributed by atoms with Gasteiger partial charge in [-0.25, -0.2) is 9.79 Å². The number of hydrogen-bond donors (Lipinski definition) is 0. The van der Waals surface area contributed by atoms with Gasteiger partial charge in [-0.15, -0.1) is 0 Å². The van der Waals surface area contributed by atoms with Gasteiger partial charge in [0, 0.05) is 33.7 Å². The third-order valence-corrected chi connectivity index (χ3v) is 9.58. The summed E-state index contributed by atoms with van der Waals surface area (Å²) in [6.07, 6.45) is 1.87. The van der Waals surface area contributed by atoms with Crippen LogP contribution in [0.25, 0.3) is 17.0 Å². The lowest BCUT2D eigenvalue weighted by Crippen LogP contribution is -2.40. The van der Waals surface area contributed by atoms with Crippen molar-refractivity contribution in [1.29, 1.82) is 0 Å². The van der Waals surface area contributed by atoms with Gasteiger partial charge in [0.25, 0.3) is 5.56 Å². The summed E-state index contributed by atoms with van der Waals surface area (Å²) in [5.41, 5.74) is 5.21. The second-order valence-electron chi connectivity index (χ2n) is 11.6. The number of rotatable bonds is 9. The fraction of sp³-hybridized carbons (Fsp3) is 0.270. The maximum Gasteiger partial charge on any atom is 0.338 e. The lowest BCUT2D eigenvalue weighted by Gasteiger charge is -2.25. The van der Waals surface area contributed by atoms with Crippen molar-refractivity contribution in [3.8, 4) is 11.5 Å². The Kier molecular flexibility index (Phi) is 9.12. The predicted octanol–water partition coefficient (Wildman–Crippen LogP) is 6.56. The molecule has 3 aromatic carbocycles. The molecular formula is C37H36ClN3O5S. The van der Waals surface area contributed by atoms with E-state index >= 15 is 0 Å². The van der Waals surface area contributed by atoms with Crippen molar-refractivity contribution in [1.82, 2.24) is 9.13 Å². The lowest BCUT2D eigenvalue weighted by atomic mass is 9.95. The summed E-state index contributed by atoms with van der Waals surface area (Å²) >= 11 is 7.84. The minimum absolute atomic E-state index is 0.0660. The van der Waals surface area contributed by atoms with Gasteiger partial charge in [-0.3, -0.25) is 9.36 Å². The molecule has 1 aliphatic heterocycles. The molecule has 0 aliphatic carbocycles. The lowest BCUT2D eigenvalue weighted by molar-refractivity contribution is -0.139. The number of benzene rings is 3. The highest BCUT2D eigenvalue weighted by atomic mass is 35.5. The number of methoxy groups -OCH3 is 1. The van der Waals surface area contributed by atoms with Crippen molar-refractivity contribution in [3.63, 3.8) is 0 Å². The first-order valence-corrected chi connectivity index (χ1v) is 16.7. The average molecular weight is 670 g/mol. The summed E-state index contributed by atoms with van der Waals surface area (Å²) in [5.74, 6) is 0.548. The Balaban J connectivity index is 1.55. The Bertz CT molecular complexity index is 2230. The number of aromatic nitrogens is 2. The predicted molar refractivity (Wildman–Crippen MR) is 186 cm³/mol. The van der Waals surface area contributed by atoms with Gasteiger partial charge in [0.1, 0.15) is 0 Å². The van der Waals surface area contributed by atoms with Crippen LogP contribution in [0.3, 0.4) is 0 Å². The van der Waals surface area contributed by atoms with E-state index in [2.05, 4.69) is 23.6 Å².